The average Bonchev–Trinajstić information content (AvgIpc) is 2.01. The molecule has 0 saturated heterocycles. The summed E-state index contributed by atoms with van der Waals surface area (Å²) in [4.78, 5) is 10.3. The van der Waals surface area contributed by atoms with Gasteiger partial charge in [0.15, 0.2) is 0 Å². The van der Waals surface area contributed by atoms with Crippen molar-refractivity contribution in [2.45, 2.75) is 6.18 Å². The molecule has 2 nitrogen and oxygen atoms in total. The van der Waals surface area contributed by atoms with Crippen LogP contribution in [0.3, 0.4) is 0 Å². The number of carboxylic acid groups (broad SMARTS) is 1. The second kappa shape index (κ2) is 3.49. The number of carbonyl (C=O) groups excluding carboxylic acids is 1. The fraction of sp³-hybridized carbons (Fsp3) is 0.125. The number of hydrogen-bond donors (Lipinski definition) is 0. The highest BCUT2D eigenvalue weighted by molar-refractivity contribution is 6.34. The van der Waals surface area contributed by atoms with Gasteiger partial charge in [0.1, 0.15) is 0 Å². The molecule has 0 aliphatic heterocycles. The Morgan fingerprint density at radius 1 is 1.36 bits per heavy atom. The summed E-state index contributed by atoms with van der Waals surface area (Å²) < 4.78 is 36.6. The summed E-state index contributed by atoms with van der Waals surface area (Å²) in [7, 11) is 0. The molecule has 0 aliphatic carbocycles. The zero-order chi connectivity index (χ0) is 10.9. The molecule has 0 bridgehead atoms. The highest BCUT2D eigenvalue weighted by atomic mass is 35.5. The third-order valence-corrected chi connectivity index (χ3v) is 1.93. The molecule has 0 fully saturated rings. The maximum atomic E-state index is 12.2. The molecule has 0 radical (unpaired) electrons. The van der Waals surface area contributed by atoms with E-state index in [0.717, 1.165) is 12.1 Å². The molecule has 0 N–H and O–H groups in total. The minimum Gasteiger partial charge on any atom is -0.545 e. The zero-order valence-corrected chi connectivity index (χ0v) is 7.32. The van der Waals surface area contributed by atoms with Crippen LogP contribution in [0.1, 0.15) is 15.9 Å². The quantitative estimate of drug-likeness (QED) is 0.727. The van der Waals surface area contributed by atoms with E-state index in [2.05, 4.69) is 0 Å². The largest absolute Gasteiger partial charge is 0.545 e. The Kier molecular flexibility index (Phi) is 2.71. The normalized spacial score (nSPS) is 11.4. The summed E-state index contributed by atoms with van der Waals surface area (Å²) in [6.07, 6.45) is -4.66. The highest BCUT2D eigenvalue weighted by Gasteiger charge is 2.33. The Labute approximate surface area is 81.9 Å². The lowest BCUT2D eigenvalue weighted by atomic mass is 10.1. The van der Waals surface area contributed by atoms with E-state index in [0.29, 0.717) is 6.07 Å². The van der Waals surface area contributed by atoms with Gasteiger partial charge < -0.3 is 9.90 Å². The molecule has 0 unspecified atom stereocenters. The van der Waals surface area contributed by atoms with Crippen molar-refractivity contribution in [3.8, 4) is 0 Å². The van der Waals surface area contributed by atoms with E-state index >= 15 is 0 Å². The van der Waals surface area contributed by atoms with E-state index in [-0.39, 0.29) is 0 Å². The fourth-order valence-corrected chi connectivity index (χ4v) is 1.22. The third-order valence-electron chi connectivity index (χ3n) is 1.52. The van der Waals surface area contributed by atoms with Gasteiger partial charge in [-0.05, 0) is 6.07 Å². The molecule has 0 spiro atoms. The van der Waals surface area contributed by atoms with Crippen LogP contribution in [0.15, 0.2) is 18.2 Å². The molecule has 1 rings (SSSR count). The number of aromatic carboxylic acids is 1. The first-order valence-corrected chi connectivity index (χ1v) is 3.79. The van der Waals surface area contributed by atoms with Crippen LogP contribution in [0.2, 0.25) is 5.02 Å². The Morgan fingerprint density at radius 3 is 2.36 bits per heavy atom. The number of alkyl halides is 3. The Balaban J connectivity index is 3.35. The van der Waals surface area contributed by atoms with Gasteiger partial charge in [-0.1, -0.05) is 23.7 Å². The SMILES string of the molecule is O=C([O-])c1cccc(C(F)(F)F)c1Cl. The van der Waals surface area contributed by atoms with Crippen molar-refractivity contribution in [1.82, 2.24) is 0 Å². The minimum absolute atomic E-state index is 0.665. The molecule has 0 amide bonds. The van der Waals surface area contributed by atoms with Crippen LogP contribution < -0.4 is 5.11 Å². The van der Waals surface area contributed by atoms with Crippen LogP contribution in [0, 0.1) is 0 Å². The Hall–Kier alpha value is -1.23. The molecule has 1 aromatic carbocycles. The lowest BCUT2D eigenvalue weighted by molar-refractivity contribution is -0.255. The molecule has 76 valence electrons. The maximum Gasteiger partial charge on any atom is 0.417 e. The van der Waals surface area contributed by atoms with Gasteiger partial charge in [-0.25, -0.2) is 0 Å². The van der Waals surface area contributed by atoms with Crippen LogP contribution in [-0.4, -0.2) is 5.97 Å². The Bertz CT molecular complexity index is 373. The number of carboxylic acids is 1. The number of benzene rings is 1. The standard InChI is InChI=1S/C8H4ClF3O2/c9-6-4(7(13)14)2-1-3-5(6)8(10,11)12/h1-3H,(H,13,14)/p-1. The molecule has 0 saturated carbocycles. The van der Waals surface area contributed by atoms with Crippen LogP contribution >= 0.6 is 11.6 Å². The van der Waals surface area contributed by atoms with Gasteiger partial charge >= 0.3 is 6.18 Å². The van der Waals surface area contributed by atoms with Gasteiger partial charge in [-0.2, -0.15) is 13.2 Å². The van der Waals surface area contributed by atoms with E-state index in [1.165, 1.54) is 0 Å². The smallest absolute Gasteiger partial charge is 0.417 e. The summed E-state index contributed by atoms with van der Waals surface area (Å²) in [5.74, 6) is -1.74. The second-order valence-corrected chi connectivity index (χ2v) is 2.83. The number of halogens is 4. The van der Waals surface area contributed by atoms with Crippen molar-refractivity contribution in [2.75, 3.05) is 0 Å². The summed E-state index contributed by atoms with van der Waals surface area (Å²) in [5, 5.41) is 9.49. The lowest BCUT2D eigenvalue weighted by Gasteiger charge is -2.12. The van der Waals surface area contributed by atoms with Crippen LogP contribution in [0.25, 0.3) is 0 Å². The van der Waals surface area contributed by atoms with Crippen LogP contribution in [0.5, 0.6) is 0 Å². The molecule has 1 aromatic rings. The molecule has 6 heteroatoms. The Morgan fingerprint density at radius 2 is 1.93 bits per heavy atom. The number of rotatable bonds is 1. The fourth-order valence-electron chi connectivity index (χ4n) is 0.909. The predicted molar refractivity (Wildman–Crippen MR) is 40.8 cm³/mol. The summed E-state index contributed by atoms with van der Waals surface area (Å²) in [5.41, 5.74) is -1.85. The third kappa shape index (κ3) is 1.98. The maximum absolute atomic E-state index is 12.2. The molecule has 0 heterocycles. The van der Waals surface area contributed by atoms with Crippen molar-refractivity contribution in [1.29, 1.82) is 0 Å². The number of carbonyl (C=O) groups is 1. The van der Waals surface area contributed by atoms with E-state index in [1.54, 1.807) is 0 Å². The predicted octanol–water partition coefficient (Wildman–Crippen LogP) is 1.72. The molecule has 14 heavy (non-hydrogen) atoms. The van der Waals surface area contributed by atoms with Gasteiger partial charge in [0.25, 0.3) is 0 Å². The van der Waals surface area contributed by atoms with Gasteiger partial charge in [-0.15, -0.1) is 0 Å². The van der Waals surface area contributed by atoms with E-state index in [4.69, 9.17) is 11.6 Å². The first-order chi connectivity index (χ1) is 6.34. The molecular weight excluding hydrogens is 221 g/mol. The molecule has 0 atom stereocenters. The van der Waals surface area contributed by atoms with Crippen LogP contribution in [0.4, 0.5) is 13.2 Å². The summed E-state index contributed by atoms with van der Waals surface area (Å²) >= 11 is 5.25. The van der Waals surface area contributed by atoms with E-state index < -0.39 is 28.3 Å². The highest BCUT2D eigenvalue weighted by Crippen LogP contribution is 2.35. The lowest BCUT2D eigenvalue weighted by Crippen LogP contribution is -2.23. The molecule has 0 aromatic heterocycles. The monoisotopic (exact) mass is 223 g/mol. The van der Waals surface area contributed by atoms with Crippen LogP contribution in [-0.2, 0) is 6.18 Å². The summed E-state index contributed by atoms with van der Waals surface area (Å²) in [6.45, 7) is 0. The van der Waals surface area contributed by atoms with Gasteiger partial charge in [0.05, 0.1) is 16.6 Å². The van der Waals surface area contributed by atoms with Crippen molar-refractivity contribution >= 4 is 17.6 Å². The average molecular weight is 224 g/mol. The number of hydrogen-bond acceptors (Lipinski definition) is 2. The zero-order valence-electron chi connectivity index (χ0n) is 6.56. The second-order valence-electron chi connectivity index (χ2n) is 2.45. The molecular formula is C8H3ClF3O2-. The van der Waals surface area contributed by atoms with Gasteiger partial charge in [-0.3, -0.25) is 0 Å². The van der Waals surface area contributed by atoms with Crippen molar-refractivity contribution < 1.29 is 23.1 Å². The van der Waals surface area contributed by atoms with E-state index in [1.807, 2.05) is 0 Å². The van der Waals surface area contributed by atoms with Crippen molar-refractivity contribution in [3.63, 3.8) is 0 Å². The first kappa shape index (κ1) is 10.8. The van der Waals surface area contributed by atoms with Gasteiger partial charge in [0.2, 0.25) is 0 Å². The first-order valence-electron chi connectivity index (χ1n) is 3.41. The van der Waals surface area contributed by atoms with E-state index in [9.17, 15) is 23.1 Å². The topological polar surface area (TPSA) is 40.1 Å². The van der Waals surface area contributed by atoms with Crippen molar-refractivity contribution in [2.24, 2.45) is 0 Å². The summed E-state index contributed by atoms with van der Waals surface area (Å²) in [6, 6.07) is 2.61. The van der Waals surface area contributed by atoms with Crippen molar-refractivity contribution in [3.05, 3.63) is 34.3 Å². The molecule has 0 aliphatic rings. The minimum atomic E-state index is -4.66. The van der Waals surface area contributed by atoms with Gasteiger partial charge in [0, 0.05) is 5.56 Å².